The molecule has 0 saturated heterocycles. The molecule has 0 fully saturated rings. The van der Waals surface area contributed by atoms with E-state index in [4.69, 9.17) is 4.74 Å². The van der Waals surface area contributed by atoms with Crippen molar-refractivity contribution >= 4 is 63.6 Å². The summed E-state index contributed by atoms with van der Waals surface area (Å²) in [5, 5.41) is 1.87. The predicted octanol–water partition coefficient (Wildman–Crippen LogP) is 7.45. The first-order valence-electron chi connectivity index (χ1n) is 9.62. The molecule has 0 bridgehead atoms. The monoisotopic (exact) mass is 645 g/mol. The maximum Gasteiger partial charge on any atom is 0.454 e. The van der Waals surface area contributed by atoms with E-state index in [1.165, 1.54) is 21.4 Å². The second-order valence-corrected chi connectivity index (χ2v) is 10.6. The van der Waals surface area contributed by atoms with E-state index in [0.717, 1.165) is 26.0 Å². The lowest BCUT2D eigenvalue weighted by Gasteiger charge is -2.14. The molecule has 0 aliphatic carbocycles. The van der Waals surface area contributed by atoms with Gasteiger partial charge in [0.15, 0.2) is 0 Å². The summed E-state index contributed by atoms with van der Waals surface area (Å²) in [6.45, 7) is 0.378. The SMILES string of the molecule is O=C(C1=CC(c2sccc2-c2cc(Br)ccc2OCc2ccccc2)=CNI=C1)C(F)(F)F. The van der Waals surface area contributed by atoms with Crippen LogP contribution in [0.2, 0.25) is 0 Å². The van der Waals surface area contributed by atoms with Crippen LogP contribution in [-0.4, -0.2) is 16.0 Å². The molecule has 0 atom stereocenters. The molecule has 0 radical (unpaired) electrons. The van der Waals surface area contributed by atoms with Gasteiger partial charge in [-0.15, -0.1) is 11.3 Å². The van der Waals surface area contributed by atoms with Gasteiger partial charge in [0.25, 0.3) is 5.78 Å². The van der Waals surface area contributed by atoms with E-state index < -0.39 is 33.0 Å². The van der Waals surface area contributed by atoms with Crippen molar-refractivity contribution in [1.82, 2.24) is 3.53 Å². The first kappa shape index (κ1) is 23.9. The highest BCUT2D eigenvalue weighted by molar-refractivity contribution is 14.2. The van der Waals surface area contributed by atoms with Gasteiger partial charge in [0.1, 0.15) is 12.4 Å². The molecule has 4 rings (SSSR count). The Hall–Kier alpha value is -2.24. The first-order valence-corrected chi connectivity index (χ1v) is 13.6. The van der Waals surface area contributed by atoms with Gasteiger partial charge in [-0.05, 0) is 66.3 Å². The topological polar surface area (TPSA) is 38.3 Å². The third-order valence-corrected chi connectivity index (χ3v) is 7.78. The number of benzene rings is 2. The summed E-state index contributed by atoms with van der Waals surface area (Å²) in [5.41, 5.74) is 2.83. The molecule has 1 aliphatic rings. The Morgan fingerprint density at radius 1 is 1.09 bits per heavy atom. The number of ether oxygens (including phenoxy) is 1. The highest BCUT2D eigenvalue weighted by Gasteiger charge is 2.40. The third-order valence-electron chi connectivity index (χ3n) is 4.67. The van der Waals surface area contributed by atoms with Crippen molar-refractivity contribution in [3.63, 3.8) is 0 Å². The zero-order valence-corrected chi connectivity index (χ0v) is 21.4. The number of Topliss-reactive ketones (excluding diaryl/α,β-unsaturated/α-hetero) is 1. The van der Waals surface area contributed by atoms with E-state index in [2.05, 4.69) is 19.5 Å². The summed E-state index contributed by atoms with van der Waals surface area (Å²) in [6, 6.07) is 17.3. The molecule has 2 aromatic carbocycles. The summed E-state index contributed by atoms with van der Waals surface area (Å²) >= 11 is 3.98. The number of carbonyl (C=O) groups excluding carboxylic acids is 1. The summed E-state index contributed by atoms with van der Waals surface area (Å²) in [6.07, 6.45) is -1.92. The van der Waals surface area contributed by atoms with E-state index in [1.807, 2.05) is 60.0 Å². The van der Waals surface area contributed by atoms with Gasteiger partial charge in [-0.2, -0.15) is 13.2 Å². The molecule has 1 aromatic heterocycles. The minimum atomic E-state index is -4.91. The van der Waals surface area contributed by atoms with Gasteiger partial charge in [-0.1, -0.05) is 46.3 Å². The Morgan fingerprint density at radius 3 is 2.64 bits per heavy atom. The van der Waals surface area contributed by atoms with Crippen LogP contribution in [0.5, 0.6) is 5.75 Å². The lowest BCUT2D eigenvalue weighted by Crippen LogP contribution is -2.24. The van der Waals surface area contributed by atoms with Crippen LogP contribution in [-0.2, 0) is 11.4 Å². The number of carbonyl (C=O) groups is 1. The summed E-state index contributed by atoms with van der Waals surface area (Å²) in [5.74, 6) is -1.18. The van der Waals surface area contributed by atoms with Crippen molar-refractivity contribution in [2.45, 2.75) is 12.8 Å². The van der Waals surface area contributed by atoms with Crippen molar-refractivity contribution in [3.05, 3.63) is 92.7 Å². The lowest BCUT2D eigenvalue weighted by molar-refractivity contribution is -0.165. The van der Waals surface area contributed by atoms with Gasteiger partial charge in [0, 0.05) is 37.8 Å². The third kappa shape index (κ3) is 5.82. The number of thiophene rings is 1. The average Bonchev–Trinajstić information content (AvgIpc) is 3.15. The number of nitrogens with one attached hydrogen (secondary N) is 1. The van der Waals surface area contributed by atoms with Crippen molar-refractivity contribution in [3.8, 4) is 16.9 Å². The van der Waals surface area contributed by atoms with Crippen molar-refractivity contribution in [2.24, 2.45) is 0 Å². The van der Waals surface area contributed by atoms with Crippen molar-refractivity contribution in [2.75, 3.05) is 0 Å². The van der Waals surface area contributed by atoms with Gasteiger partial charge in [0.2, 0.25) is 0 Å². The number of ketones is 1. The Labute approximate surface area is 211 Å². The lowest BCUT2D eigenvalue weighted by atomic mass is 10.0. The molecule has 0 amide bonds. The van der Waals surface area contributed by atoms with Crippen LogP contribution in [0.15, 0.2) is 82.3 Å². The molecule has 1 aliphatic heterocycles. The fraction of sp³-hybridized carbons (Fsp3) is 0.0833. The number of rotatable bonds is 6. The normalized spacial score (nSPS) is 13.8. The van der Waals surface area contributed by atoms with Crippen LogP contribution < -0.4 is 8.27 Å². The van der Waals surface area contributed by atoms with E-state index >= 15 is 0 Å². The molecule has 0 unspecified atom stereocenters. The van der Waals surface area contributed by atoms with Crippen LogP contribution in [0.3, 0.4) is 0 Å². The van der Waals surface area contributed by atoms with E-state index in [-0.39, 0.29) is 5.57 Å². The van der Waals surface area contributed by atoms with Gasteiger partial charge in [-0.3, -0.25) is 4.79 Å². The molecule has 2 heterocycles. The minimum absolute atomic E-state index is 0.333. The zero-order valence-electron chi connectivity index (χ0n) is 16.8. The molecule has 9 heteroatoms. The number of hydrogen-bond acceptors (Lipinski definition) is 4. The molecule has 1 N–H and O–H groups in total. The largest absolute Gasteiger partial charge is 0.488 e. The summed E-state index contributed by atoms with van der Waals surface area (Å²) < 4.78 is 50.5. The van der Waals surface area contributed by atoms with Gasteiger partial charge in [-0.25, -0.2) is 0 Å². The Kier molecular flexibility index (Phi) is 7.50. The standard InChI is InChI=1S/C24H16BrF3INO2S/c25-18-6-7-21(32-14-15-4-2-1-3-5-15)20(11-18)19-8-9-33-22(19)17-10-16(12-29-30-13-17)23(31)24(26,27)28/h1-13,30H,14H2. The molecule has 0 spiro atoms. The summed E-state index contributed by atoms with van der Waals surface area (Å²) in [7, 11) is 0. The second kappa shape index (κ2) is 10.4. The van der Waals surface area contributed by atoms with Crippen LogP contribution in [0.1, 0.15) is 10.4 Å². The maximum absolute atomic E-state index is 13.0. The highest BCUT2D eigenvalue weighted by atomic mass is 127. The molecule has 0 saturated carbocycles. The highest BCUT2D eigenvalue weighted by Crippen LogP contribution is 2.41. The van der Waals surface area contributed by atoms with E-state index in [1.54, 1.807) is 6.20 Å². The fourth-order valence-corrected chi connectivity index (χ4v) is 5.90. The Morgan fingerprint density at radius 2 is 1.88 bits per heavy atom. The van der Waals surface area contributed by atoms with Crippen LogP contribution >= 0.6 is 48.3 Å². The maximum atomic E-state index is 13.0. The Bertz CT molecular complexity index is 1270. The quantitative estimate of drug-likeness (QED) is 0.224. The van der Waals surface area contributed by atoms with Crippen molar-refractivity contribution < 1.29 is 22.7 Å². The number of alkyl halides is 3. The average molecular weight is 646 g/mol. The zero-order chi connectivity index (χ0) is 23.4. The van der Waals surface area contributed by atoms with E-state index in [0.29, 0.717) is 17.9 Å². The molecule has 170 valence electrons. The van der Waals surface area contributed by atoms with Crippen LogP contribution in [0.25, 0.3) is 16.7 Å². The molecular weight excluding hydrogens is 630 g/mol. The van der Waals surface area contributed by atoms with Gasteiger partial charge in [0.05, 0.1) is 0 Å². The molecule has 3 nitrogen and oxygen atoms in total. The predicted molar refractivity (Wildman–Crippen MR) is 139 cm³/mol. The van der Waals surface area contributed by atoms with Crippen molar-refractivity contribution in [1.29, 1.82) is 0 Å². The Balaban J connectivity index is 1.71. The molecule has 3 aromatic rings. The fourth-order valence-electron chi connectivity index (χ4n) is 3.15. The first-order chi connectivity index (χ1) is 15.8. The summed E-state index contributed by atoms with van der Waals surface area (Å²) in [4.78, 5) is 12.6. The van der Waals surface area contributed by atoms with Gasteiger partial charge >= 0.3 is 6.18 Å². The molecule has 33 heavy (non-hydrogen) atoms. The molecular formula is C24H16BrF3INO2S. The second-order valence-electron chi connectivity index (χ2n) is 6.93. The number of allylic oxidation sites excluding steroid dienone is 3. The van der Waals surface area contributed by atoms with Crippen LogP contribution in [0, 0.1) is 0 Å². The van der Waals surface area contributed by atoms with Gasteiger partial charge < -0.3 is 8.27 Å². The number of hydrogen-bond donors (Lipinski definition) is 1. The van der Waals surface area contributed by atoms with Crippen LogP contribution in [0.4, 0.5) is 13.2 Å². The number of halogens is 5. The van der Waals surface area contributed by atoms with E-state index in [9.17, 15) is 18.0 Å². The minimum Gasteiger partial charge on any atom is -0.488 e. The smallest absolute Gasteiger partial charge is 0.454 e.